The Hall–Kier alpha value is -2.62. The van der Waals surface area contributed by atoms with Crippen LogP contribution in [-0.2, 0) is 11.2 Å². The predicted octanol–water partition coefficient (Wildman–Crippen LogP) is 2.39. The molecule has 0 fully saturated rings. The molecule has 0 aliphatic carbocycles. The van der Waals surface area contributed by atoms with E-state index in [9.17, 15) is 9.59 Å². The van der Waals surface area contributed by atoms with Crippen LogP contribution in [0, 0.1) is 0 Å². The zero-order chi connectivity index (χ0) is 15.5. The molecule has 112 valence electrons. The van der Waals surface area contributed by atoms with Gasteiger partial charge in [-0.1, -0.05) is 36.4 Å². The maximum absolute atomic E-state index is 12.6. The standard InChI is InChI=1S/C18H18N2O2/c1-13(19-17(21)15-8-3-2-4-9-15)18(22)20-12-11-14-7-5-6-10-16(14)20/h2-10,13H,11-12H2,1H3,(H,19,21). The van der Waals surface area contributed by atoms with Crippen LogP contribution in [0.3, 0.4) is 0 Å². The van der Waals surface area contributed by atoms with E-state index in [0.29, 0.717) is 12.1 Å². The summed E-state index contributed by atoms with van der Waals surface area (Å²) in [5.41, 5.74) is 2.69. The summed E-state index contributed by atoms with van der Waals surface area (Å²) < 4.78 is 0. The summed E-state index contributed by atoms with van der Waals surface area (Å²) in [5.74, 6) is -0.303. The van der Waals surface area contributed by atoms with Gasteiger partial charge in [0.25, 0.3) is 5.91 Å². The number of nitrogens with one attached hydrogen (secondary N) is 1. The molecule has 4 heteroatoms. The predicted molar refractivity (Wildman–Crippen MR) is 85.9 cm³/mol. The fourth-order valence-electron chi connectivity index (χ4n) is 2.73. The molecular formula is C18H18N2O2. The molecule has 0 aromatic heterocycles. The van der Waals surface area contributed by atoms with Gasteiger partial charge in [0.2, 0.25) is 5.91 Å². The van der Waals surface area contributed by atoms with Gasteiger partial charge in [-0.15, -0.1) is 0 Å². The van der Waals surface area contributed by atoms with Gasteiger partial charge in [-0.2, -0.15) is 0 Å². The number of carbonyl (C=O) groups is 2. The molecule has 2 amide bonds. The van der Waals surface area contributed by atoms with Crippen molar-refractivity contribution < 1.29 is 9.59 Å². The van der Waals surface area contributed by atoms with Crippen molar-refractivity contribution in [1.82, 2.24) is 5.32 Å². The number of nitrogens with zero attached hydrogens (tertiary/aromatic N) is 1. The monoisotopic (exact) mass is 294 g/mol. The third-order valence-electron chi connectivity index (χ3n) is 3.91. The van der Waals surface area contributed by atoms with Gasteiger partial charge < -0.3 is 10.2 Å². The SMILES string of the molecule is CC(NC(=O)c1ccccc1)C(=O)N1CCc2ccccc21. The molecule has 4 nitrogen and oxygen atoms in total. The van der Waals surface area contributed by atoms with Crippen LogP contribution in [0.2, 0.25) is 0 Å². The Morgan fingerprint density at radius 3 is 2.50 bits per heavy atom. The van der Waals surface area contributed by atoms with Gasteiger partial charge >= 0.3 is 0 Å². The molecule has 1 unspecified atom stereocenters. The molecule has 3 rings (SSSR count). The number of hydrogen-bond acceptors (Lipinski definition) is 2. The summed E-state index contributed by atoms with van der Waals surface area (Å²) in [6, 6.07) is 16.3. The van der Waals surface area contributed by atoms with E-state index in [-0.39, 0.29) is 11.8 Å². The van der Waals surface area contributed by atoms with E-state index < -0.39 is 6.04 Å². The molecule has 0 saturated heterocycles. The molecule has 1 atom stereocenters. The first-order valence-corrected chi connectivity index (χ1v) is 7.42. The molecule has 1 aliphatic heterocycles. The maximum atomic E-state index is 12.6. The Morgan fingerprint density at radius 2 is 1.73 bits per heavy atom. The second-order valence-corrected chi connectivity index (χ2v) is 5.43. The first-order valence-electron chi connectivity index (χ1n) is 7.42. The summed E-state index contributed by atoms with van der Waals surface area (Å²) in [5, 5.41) is 2.77. The smallest absolute Gasteiger partial charge is 0.251 e. The third-order valence-corrected chi connectivity index (χ3v) is 3.91. The molecule has 22 heavy (non-hydrogen) atoms. The van der Waals surface area contributed by atoms with Crippen molar-refractivity contribution >= 4 is 17.5 Å². The molecule has 2 aromatic carbocycles. The van der Waals surface area contributed by atoms with Crippen molar-refractivity contribution in [3.8, 4) is 0 Å². The number of carbonyl (C=O) groups excluding carboxylic acids is 2. The Balaban J connectivity index is 1.70. The molecule has 0 bridgehead atoms. The summed E-state index contributed by atoms with van der Waals surface area (Å²) in [6.45, 7) is 2.40. The first-order chi connectivity index (χ1) is 10.7. The summed E-state index contributed by atoms with van der Waals surface area (Å²) in [6.07, 6.45) is 0.862. The molecule has 1 aliphatic rings. The van der Waals surface area contributed by atoms with E-state index in [4.69, 9.17) is 0 Å². The van der Waals surface area contributed by atoms with E-state index in [1.54, 1.807) is 36.1 Å². The van der Waals surface area contributed by atoms with Gasteiger partial charge in [0, 0.05) is 17.8 Å². The van der Waals surface area contributed by atoms with E-state index in [1.165, 1.54) is 5.56 Å². The number of benzene rings is 2. The van der Waals surface area contributed by atoms with Crippen LogP contribution in [0.5, 0.6) is 0 Å². The van der Waals surface area contributed by atoms with Crippen molar-refractivity contribution in [2.75, 3.05) is 11.4 Å². The largest absolute Gasteiger partial charge is 0.341 e. The van der Waals surface area contributed by atoms with E-state index in [2.05, 4.69) is 5.32 Å². The van der Waals surface area contributed by atoms with Gasteiger partial charge in [-0.05, 0) is 37.1 Å². The minimum absolute atomic E-state index is 0.0748. The molecule has 0 saturated carbocycles. The Bertz CT molecular complexity index is 697. The molecule has 1 N–H and O–H groups in total. The Kier molecular flexibility index (Phi) is 3.92. The number of anilines is 1. The average molecular weight is 294 g/mol. The van der Waals surface area contributed by atoms with Crippen molar-refractivity contribution in [2.24, 2.45) is 0 Å². The normalized spacial score (nSPS) is 14.3. The fraction of sp³-hybridized carbons (Fsp3) is 0.222. The van der Waals surface area contributed by atoms with Crippen molar-refractivity contribution in [2.45, 2.75) is 19.4 Å². The molecule has 0 radical (unpaired) electrons. The Morgan fingerprint density at radius 1 is 1.05 bits per heavy atom. The zero-order valence-corrected chi connectivity index (χ0v) is 12.5. The molecular weight excluding hydrogens is 276 g/mol. The van der Waals surface area contributed by atoms with E-state index in [1.807, 2.05) is 30.3 Å². The third kappa shape index (κ3) is 2.72. The Labute approximate surface area is 129 Å². The number of para-hydroxylation sites is 1. The number of hydrogen-bond donors (Lipinski definition) is 1. The van der Waals surface area contributed by atoms with Gasteiger partial charge in [0.1, 0.15) is 6.04 Å². The average Bonchev–Trinajstić information content (AvgIpc) is 2.99. The van der Waals surface area contributed by atoms with Crippen molar-refractivity contribution in [3.05, 3.63) is 65.7 Å². The van der Waals surface area contributed by atoms with Crippen LogP contribution in [-0.4, -0.2) is 24.4 Å². The van der Waals surface area contributed by atoms with Crippen LogP contribution in [0.25, 0.3) is 0 Å². The molecule has 2 aromatic rings. The van der Waals surface area contributed by atoms with Crippen LogP contribution < -0.4 is 10.2 Å². The molecule has 0 spiro atoms. The lowest BCUT2D eigenvalue weighted by Gasteiger charge is -2.22. The van der Waals surface area contributed by atoms with E-state index in [0.717, 1.165) is 12.1 Å². The van der Waals surface area contributed by atoms with Crippen molar-refractivity contribution in [3.63, 3.8) is 0 Å². The fourth-order valence-corrected chi connectivity index (χ4v) is 2.73. The highest BCUT2D eigenvalue weighted by Crippen LogP contribution is 2.27. The highest BCUT2D eigenvalue weighted by atomic mass is 16.2. The highest BCUT2D eigenvalue weighted by molar-refractivity contribution is 6.03. The minimum atomic E-state index is -0.557. The van der Waals surface area contributed by atoms with Gasteiger partial charge in [-0.3, -0.25) is 9.59 Å². The van der Waals surface area contributed by atoms with Crippen LogP contribution in [0.4, 0.5) is 5.69 Å². The molecule has 1 heterocycles. The lowest BCUT2D eigenvalue weighted by Crippen LogP contribution is -2.46. The lowest BCUT2D eigenvalue weighted by atomic mass is 10.1. The van der Waals surface area contributed by atoms with Gasteiger partial charge in [0.15, 0.2) is 0 Å². The van der Waals surface area contributed by atoms with Crippen LogP contribution in [0.1, 0.15) is 22.8 Å². The lowest BCUT2D eigenvalue weighted by molar-refractivity contribution is -0.119. The summed E-state index contributed by atoms with van der Waals surface area (Å²) >= 11 is 0. The van der Waals surface area contributed by atoms with Crippen molar-refractivity contribution in [1.29, 1.82) is 0 Å². The first kappa shape index (κ1) is 14.3. The number of rotatable bonds is 3. The summed E-state index contributed by atoms with van der Waals surface area (Å²) in [4.78, 5) is 26.5. The number of amides is 2. The summed E-state index contributed by atoms with van der Waals surface area (Å²) in [7, 11) is 0. The zero-order valence-electron chi connectivity index (χ0n) is 12.5. The van der Waals surface area contributed by atoms with E-state index >= 15 is 0 Å². The van der Waals surface area contributed by atoms with Gasteiger partial charge in [0.05, 0.1) is 0 Å². The quantitative estimate of drug-likeness (QED) is 0.945. The van der Waals surface area contributed by atoms with Crippen LogP contribution in [0.15, 0.2) is 54.6 Å². The van der Waals surface area contributed by atoms with Crippen LogP contribution >= 0.6 is 0 Å². The topological polar surface area (TPSA) is 49.4 Å². The highest BCUT2D eigenvalue weighted by Gasteiger charge is 2.28. The second kappa shape index (κ2) is 6.02. The second-order valence-electron chi connectivity index (χ2n) is 5.43. The minimum Gasteiger partial charge on any atom is -0.341 e. The number of fused-ring (bicyclic) bond motifs is 1. The maximum Gasteiger partial charge on any atom is 0.251 e. The van der Waals surface area contributed by atoms with Gasteiger partial charge in [-0.25, -0.2) is 0 Å².